The van der Waals surface area contributed by atoms with Crippen LogP contribution in [-0.2, 0) is 14.3 Å². The number of unbranched alkanes of at least 4 members (excludes halogenated alkanes) is 1. The molecule has 5 atom stereocenters. The van der Waals surface area contributed by atoms with Gasteiger partial charge in [-0.3, -0.25) is 4.79 Å². The number of rotatable bonds is 6. The zero-order chi connectivity index (χ0) is 14.4. The molecule has 7 heteroatoms. The van der Waals surface area contributed by atoms with Crippen LogP contribution in [0.1, 0.15) is 26.7 Å². The summed E-state index contributed by atoms with van der Waals surface area (Å²) < 4.78 is 10.8. The maximum Gasteiger partial charge on any atom is 0.217 e. The Balaban J connectivity index is 2.71. The first-order valence-electron chi connectivity index (χ1n) is 6.52. The van der Waals surface area contributed by atoms with Crippen LogP contribution >= 0.6 is 0 Å². The van der Waals surface area contributed by atoms with E-state index in [2.05, 4.69) is 5.32 Å². The van der Waals surface area contributed by atoms with E-state index in [0.29, 0.717) is 6.61 Å². The van der Waals surface area contributed by atoms with Crippen molar-refractivity contribution in [1.29, 1.82) is 0 Å². The first-order valence-corrected chi connectivity index (χ1v) is 6.52. The van der Waals surface area contributed by atoms with Gasteiger partial charge in [0.05, 0.1) is 6.61 Å². The second kappa shape index (κ2) is 7.76. The molecule has 0 aromatic carbocycles. The maximum absolute atomic E-state index is 11.1. The molecular formula is C12H23NO6. The molecule has 1 heterocycles. The standard InChI is InChI=1S/C12H23NO6/c1-3-4-5-18-12-9(13-7(2)15)11(17)10(16)8(6-14)19-12/h8-12,14,16-17H,3-6H2,1-2H3,(H,13,15)/t8-,9+,10+,11-,12-/m0/s1. The minimum absolute atomic E-state index is 0.355. The van der Waals surface area contributed by atoms with Crippen LogP contribution in [-0.4, -0.2) is 65.1 Å². The first kappa shape index (κ1) is 16.3. The van der Waals surface area contributed by atoms with Crippen LogP contribution in [0.25, 0.3) is 0 Å². The number of ether oxygens (including phenoxy) is 2. The number of aliphatic hydroxyl groups excluding tert-OH is 3. The molecule has 7 nitrogen and oxygen atoms in total. The summed E-state index contributed by atoms with van der Waals surface area (Å²) >= 11 is 0. The molecule has 19 heavy (non-hydrogen) atoms. The third-order valence-electron chi connectivity index (χ3n) is 3.03. The minimum atomic E-state index is -1.27. The molecule has 0 unspecified atom stereocenters. The molecule has 1 fully saturated rings. The fourth-order valence-electron chi connectivity index (χ4n) is 1.96. The van der Waals surface area contributed by atoms with Crippen molar-refractivity contribution >= 4 is 5.91 Å². The average Bonchev–Trinajstić information content (AvgIpc) is 2.37. The highest BCUT2D eigenvalue weighted by Gasteiger charge is 2.45. The van der Waals surface area contributed by atoms with Gasteiger partial charge in [-0.05, 0) is 6.42 Å². The number of amides is 1. The second-order valence-corrected chi connectivity index (χ2v) is 4.66. The molecule has 0 aromatic heterocycles. The summed E-state index contributed by atoms with van der Waals surface area (Å²) in [6.45, 7) is 3.29. The van der Waals surface area contributed by atoms with E-state index in [1.54, 1.807) is 0 Å². The lowest BCUT2D eigenvalue weighted by Gasteiger charge is -2.42. The normalized spacial score (nSPS) is 35.1. The highest BCUT2D eigenvalue weighted by atomic mass is 16.7. The summed E-state index contributed by atoms with van der Waals surface area (Å²) in [6, 6.07) is -0.854. The smallest absolute Gasteiger partial charge is 0.217 e. The summed E-state index contributed by atoms with van der Waals surface area (Å²) in [5, 5.41) is 31.3. The van der Waals surface area contributed by atoms with Crippen LogP contribution in [0.2, 0.25) is 0 Å². The Hall–Kier alpha value is -0.730. The van der Waals surface area contributed by atoms with E-state index in [0.717, 1.165) is 12.8 Å². The molecule has 4 N–H and O–H groups in total. The van der Waals surface area contributed by atoms with E-state index in [-0.39, 0.29) is 5.91 Å². The van der Waals surface area contributed by atoms with E-state index in [1.165, 1.54) is 6.92 Å². The molecular weight excluding hydrogens is 254 g/mol. The molecule has 0 aliphatic carbocycles. The molecule has 1 aliphatic rings. The summed E-state index contributed by atoms with van der Waals surface area (Å²) in [4.78, 5) is 11.1. The highest BCUT2D eigenvalue weighted by Crippen LogP contribution is 2.22. The van der Waals surface area contributed by atoms with Crippen LogP contribution < -0.4 is 5.32 Å². The Morgan fingerprint density at radius 1 is 1.37 bits per heavy atom. The Morgan fingerprint density at radius 2 is 2.05 bits per heavy atom. The van der Waals surface area contributed by atoms with Gasteiger partial charge in [-0.2, -0.15) is 0 Å². The van der Waals surface area contributed by atoms with Crippen molar-refractivity contribution in [3.63, 3.8) is 0 Å². The van der Waals surface area contributed by atoms with Crippen molar-refractivity contribution < 1.29 is 29.6 Å². The lowest BCUT2D eigenvalue weighted by Crippen LogP contribution is -2.64. The quantitative estimate of drug-likeness (QED) is 0.452. The van der Waals surface area contributed by atoms with Crippen molar-refractivity contribution in [2.45, 2.75) is 57.3 Å². The zero-order valence-corrected chi connectivity index (χ0v) is 11.3. The maximum atomic E-state index is 11.1. The van der Waals surface area contributed by atoms with E-state index in [1.807, 2.05) is 6.92 Å². The predicted molar refractivity (Wildman–Crippen MR) is 66.2 cm³/mol. The van der Waals surface area contributed by atoms with Crippen molar-refractivity contribution in [1.82, 2.24) is 5.32 Å². The molecule has 0 saturated carbocycles. The summed E-state index contributed by atoms with van der Waals surface area (Å²) in [5.41, 5.74) is 0. The van der Waals surface area contributed by atoms with Crippen molar-refractivity contribution in [2.24, 2.45) is 0 Å². The van der Waals surface area contributed by atoms with Crippen LogP contribution in [0.15, 0.2) is 0 Å². The molecule has 112 valence electrons. The number of aliphatic hydroxyl groups is 3. The zero-order valence-electron chi connectivity index (χ0n) is 11.3. The molecule has 1 amide bonds. The Labute approximate surface area is 112 Å². The lowest BCUT2D eigenvalue weighted by atomic mass is 9.97. The number of carbonyl (C=O) groups is 1. The molecule has 1 aliphatic heterocycles. The molecule has 1 rings (SSSR count). The van der Waals surface area contributed by atoms with Crippen LogP contribution in [0, 0.1) is 0 Å². The molecule has 0 bridgehead atoms. The van der Waals surface area contributed by atoms with Crippen LogP contribution in [0.5, 0.6) is 0 Å². The topological polar surface area (TPSA) is 108 Å². The monoisotopic (exact) mass is 277 g/mol. The third kappa shape index (κ3) is 4.39. The van der Waals surface area contributed by atoms with Gasteiger partial charge in [0.15, 0.2) is 6.29 Å². The van der Waals surface area contributed by atoms with Crippen molar-refractivity contribution in [3.05, 3.63) is 0 Å². The van der Waals surface area contributed by atoms with E-state index in [9.17, 15) is 15.0 Å². The van der Waals surface area contributed by atoms with E-state index >= 15 is 0 Å². The second-order valence-electron chi connectivity index (χ2n) is 4.66. The highest BCUT2D eigenvalue weighted by molar-refractivity contribution is 5.73. The fourth-order valence-corrected chi connectivity index (χ4v) is 1.96. The van der Waals surface area contributed by atoms with Gasteiger partial charge in [0.2, 0.25) is 5.91 Å². The van der Waals surface area contributed by atoms with Gasteiger partial charge in [0.25, 0.3) is 0 Å². The Bertz CT molecular complexity index is 287. The van der Waals surface area contributed by atoms with E-state index in [4.69, 9.17) is 14.6 Å². The van der Waals surface area contributed by atoms with Gasteiger partial charge in [-0.1, -0.05) is 13.3 Å². The van der Waals surface area contributed by atoms with E-state index < -0.39 is 37.3 Å². The largest absolute Gasteiger partial charge is 0.394 e. The number of carbonyl (C=O) groups excluding carboxylic acids is 1. The molecule has 0 aromatic rings. The number of nitrogens with one attached hydrogen (secondary N) is 1. The first-order chi connectivity index (χ1) is 9.01. The van der Waals surface area contributed by atoms with Crippen LogP contribution in [0.4, 0.5) is 0 Å². The minimum Gasteiger partial charge on any atom is -0.394 e. The van der Waals surface area contributed by atoms with Gasteiger partial charge >= 0.3 is 0 Å². The predicted octanol–water partition coefficient (Wildman–Crippen LogP) is -1.25. The van der Waals surface area contributed by atoms with Gasteiger partial charge in [0, 0.05) is 13.5 Å². The average molecular weight is 277 g/mol. The van der Waals surface area contributed by atoms with Crippen molar-refractivity contribution in [2.75, 3.05) is 13.2 Å². The summed E-state index contributed by atoms with van der Waals surface area (Å²) in [6.07, 6.45) is -2.58. The summed E-state index contributed by atoms with van der Waals surface area (Å²) in [5.74, 6) is -0.355. The summed E-state index contributed by atoms with van der Waals surface area (Å²) in [7, 11) is 0. The van der Waals surface area contributed by atoms with Crippen LogP contribution in [0.3, 0.4) is 0 Å². The third-order valence-corrected chi connectivity index (χ3v) is 3.03. The lowest BCUT2D eigenvalue weighted by molar-refractivity contribution is -0.270. The number of hydrogen-bond donors (Lipinski definition) is 4. The number of hydrogen-bond acceptors (Lipinski definition) is 6. The van der Waals surface area contributed by atoms with Gasteiger partial charge in [0.1, 0.15) is 24.4 Å². The Kier molecular flexibility index (Phi) is 6.67. The SMILES string of the molecule is CCCCO[C@H]1O[C@@H](CO)[C@@H](O)[C@@H](O)[C@H]1NC(C)=O. The fraction of sp³-hybridized carbons (Fsp3) is 0.917. The Morgan fingerprint density at radius 3 is 2.58 bits per heavy atom. The van der Waals surface area contributed by atoms with Gasteiger partial charge in [-0.15, -0.1) is 0 Å². The van der Waals surface area contributed by atoms with Gasteiger partial charge in [-0.25, -0.2) is 0 Å². The molecule has 0 radical (unpaired) electrons. The van der Waals surface area contributed by atoms with Gasteiger partial charge < -0.3 is 30.1 Å². The molecule has 1 saturated heterocycles. The molecule has 0 spiro atoms. The van der Waals surface area contributed by atoms with Crippen molar-refractivity contribution in [3.8, 4) is 0 Å².